The number of aliphatic hydroxyl groups excluding tert-OH is 1. The fourth-order valence-electron chi connectivity index (χ4n) is 3.83. The first-order chi connectivity index (χ1) is 18.2. The minimum atomic E-state index is -4.49. The summed E-state index contributed by atoms with van der Waals surface area (Å²) in [5.41, 5.74) is -5.41. The lowest BCUT2D eigenvalue weighted by Crippen LogP contribution is -2.52. The van der Waals surface area contributed by atoms with Gasteiger partial charge in [-0.15, -0.1) is 0 Å². The van der Waals surface area contributed by atoms with Gasteiger partial charge in [-0.25, -0.2) is 13.8 Å². The molecule has 2 aromatic rings. The van der Waals surface area contributed by atoms with E-state index < -0.39 is 79.7 Å². The van der Waals surface area contributed by atoms with E-state index in [1.807, 2.05) is 0 Å². The van der Waals surface area contributed by atoms with Gasteiger partial charge < -0.3 is 24.2 Å². The number of esters is 1. The maximum Gasteiger partial charge on any atom is 0.459 e. The molecule has 0 spiro atoms. The molecule has 2 heterocycles. The van der Waals surface area contributed by atoms with Crippen molar-refractivity contribution >= 4 is 13.7 Å². The zero-order valence-electron chi connectivity index (χ0n) is 21.4. The number of aromatic amines is 1. The van der Waals surface area contributed by atoms with Crippen LogP contribution < -0.4 is 20.9 Å². The second-order valence-corrected chi connectivity index (χ2v) is 10.9. The van der Waals surface area contributed by atoms with E-state index in [0.29, 0.717) is 10.8 Å². The van der Waals surface area contributed by atoms with E-state index in [9.17, 15) is 37.9 Å². The van der Waals surface area contributed by atoms with E-state index in [-0.39, 0.29) is 5.75 Å². The van der Waals surface area contributed by atoms with E-state index in [1.165, 1.54) is 26.0 Å². The summed E-state index contributed by atoms with van der Waals surface area (Å²) >= 11 is 0. The van der Waals surface area contributed by atoms with Crippen molar-refractivity contribution in [1.29, 1.82) is 0 Å². The molecule has 1 aliphatic rings. The first kappa shape index (κ1) is 30.6. The van der Waals surface area contributed by atoms with Crippen LogP contribution in [-0.2, 0) is 23.4 Å². The van der Waals surface area contributed by atoms with Crippen molar-refractivity contribution in [2.75, 3.05) is 6.67 Å². The highest BCUT2D eigenvalue weighted by Crippen LogP contribution is 2.49. The van der Waals surface area contributed by atoms with Crippen molar-refractivity contribution in [3.05, 3.63) is 63.2 Å². The standard InChI is InChI=1S/C23H30F2N3O10P/c1-12(2)35-20(31)13(3)27-39(34,38-15-8-6-5-7-9-15)37-14(4)17-18(29)23(33,11-24)21(36-17)28-10-16(25)19(30)26-22(28)32/h5-10,12-14,17-18,21,29,33H,11H2,1-4H3,(H,27,34)(H,26,30,32)/t13-,14+,17+,18?,21+,23+,39-/m0/s1. The summed E-state index contributed by atoms with van der Waals surface area (Å²) in [4.78, 5) is 37.6. The molecule has 1 unspecified atom stereocenters. The fourth-order valence-corrected chi connectivity index (χ4v) is 5.52. The molecule has 0 aliphatic carbocycles. The molecule has 1 fully saturated rings. The molecule has 7 atom stereocenters. The van der Waals surface area contributed by atoms with E-state index in [2.05, 4.69) is 5.09 Å². The maximum atomic E-state index is 14.1. The average molecular weight is 577 g/mol. The number of aromatic nitrogens is 2. The van der Waals surface area contributed by atoms with Crippen LogP contribution in [0.1, 0.15) is 33.9 Å². The quantitative estimate of drug-likeness (QED) is 0.222. The molecule has 16 heteroatoms. The van der Waals surface area contributed by atoms with Crippen LogP contribution in [-0.4, -0.2) is 68.5 Å². The number of halogens is 2. The van der Waals surface area contributed by atoms with Crippen molar-refractivity contribution in [3.63, 3.8) is 0 Å². The Bertz CT molecular complexity index is 1320. The number of rotatable bonds is 11. The molecule has 216 valence electrons. The third-order valence-corrected chi connectivity index (χ3v) is 7.49. The minimum absolute atomic E-state index is 0.0752. The van der Waals surface area contributed by atoms with Crippen LogP contribution in [0, 0.1) is 5.82 Å². The van der Waals surface area contributed by atoms with Gasteiger partial charge in [-0.05, 0) is 39.8 Å². The molecule has 4 N–H and O–H groups in total. The van der Waals surface area contributed by atoms with Crippen LogP contribution in [0.15, 0.2) is 46.1 Å². The molecule has 1 aliphatic heterocycles. The summed E-state index contributed by atoms with van der Waals surface area (Å²) in [6, 6.07) is 6.53. The molecule has 0 saturated carbocycles. The summed E-state index contributed by atoms with van der Waals surface area (Å²) < 4.78 is 63.9. The zero-order chi connectivity index (χ0) is 29.1. The zero-order valence-corrected chi connectivity index (χ0v) is 22.3. The van der Waals surface area contributed by atoms with Crippen molar-refractivity contribution in [2.45, 2.75) is 70.0 Å². The third kappa shape index (κ3) is 6.80. The number of hydrogen-bond acceptors (Lipinski definition) is 10. The van der Waals surface area contributed by atoms with Gasteiger partial charge in [0.15, 0.2) is 11.8 Å². The van der Waals surface area contributed by atoms with Crippen molar-refractivity contribution < 1.29 is 46.9 Å². The number of hydrogen-bond donors (Lipinski definition) is 4. The van der Waals surface area contributed by atoms with Gasteiger partial charge in [-0.3, -0.25) is 23.7 Å². The highest BCUT2D eigenvalue weighted by atomic mass is 31.2. The Labute approximate surface area is 221 Å². The minimum Gasteiger partial charge on any atom is -0.462 e. The molecule has 13 nitrogen and oxygen atoms in total. The molecule has 0 amide bonds. The van der Waals surface area contributed by atoms with Gasteiger partial charge in [0.05, 0.1) is 18.4 Å². The average Bonchev–Trinajstić information content (AvgIpc) is 3.12. The largest absolute Gasteiger partial charge is 0.462 e. The second-order valence-electron chi connectivity index (χ2n) is 9.22. The molecular weight excluding hydrogens is 547 g/mol. The summed E-state index contributed by atoms with van der Waals surface area (Å²) in [6.45, 7) is 4.15. The lowest BCUT2D eigenvalue weighted by Gasteiger charge is -2.30. The molecule has 0 bridgehead atoms. The number of nitrogens with zero attached hydrogens (tertiary/aromatic N) is 1. The summed E-state index contributed by atoms with van der Waals surface area (Å²) in [5, 5.41) is 24.1. The Kier molecular flexibility index (Phi) is 9.47. The Morgan fingerprint density at radius 3 is 2.49 bits per heavy atom. The smallest absolute Gasteiger partial charge is 0.459 e. The van der Waals surface area contributed by atoms with Crippen molar-refractivity contribution in [2.24, 2.45) is 0 Å². The monoisotopic (exact) mass is 577 g/mol. The number of ether oxygens (including phenoxy) is 2. The van der Waals surface area contributed by atoms with Gasteiger partial charge in [-0.2, -0.15) is 9.48 Å². The first-order valence-corrected chi connectivity index (χ1v) is 13.4. The summed E-state index contributed by atoms with van der Waals surface area (Å²) in [6.07, 6.45) is -7.32. The highest BCUT2D eigenvalue weighted by Gasteiger charge is 2.59. The second kappa shape index (κ2) is 12.1. The van der Waals surface area contributed by atoms with Crippen LogP contribution in [0.2, 0.25) is 0 Å². The Morgan fingerprint density at radius 2 is 1.90 bits per heavy atom. The third-order valence-electron chi connectivity index (χ3n) is 5.72. The van der Waals surface area contributed by atoms with Crippen LogP contribution in [0.3, 0.4) is 0 Å². The number of para-hydroxylation sites is 1. The number of carbonyl (C=O) groups is 1. The molecule has 39 heavy (non-hydrogen) atoms. The number of aliphatic hydroxyl groups is 2. The predicted molar refractivity (Wildman–Crippen MR) is 131 cm³/mol. The molecule has 0 radical (unpaired) electrons. The first-order valence-electron chi connectivity index (χ1n) is 11.8. The highest BCUT2D eigenvalue weighted by molar-refractivity contribution is 7.52. The van der Waals surface area contributed by atoms with Gasteiger partial charge in [0.2, 0.25) is 5.82 Å². The van der Waals surface area contributed by atoms with Gasteiger partial charge >= 0.3 is 19.4 Å². The lowest BCUT2D eigenvalue weighted by molar-refractivity contribution is -0.149. The summed E-state index contributed by atoms with van der Waals surface area (Å²) in [7, 11) is -4.49. The van der Waals surface area contributed by atoms with Crippen LogP contribution in [0.5, 0.6) is 5.75 Å². The van der Waals surface area contributed by atoms with E-state index in [1.54, 1.807) is 37.0 Å². The normalized spacial score (nSPS) is 26.1. The number of benzene rings is 1. The van der Waals surface area contributed by atoms with Crippen LogP contribution >= 0.6 is 7.75 Å². The van der Waals surface area contributed by atoms with E-state index in [0.717, 1.165) is 0 Å². The van der Waals surface area contributed by atoms with Crippen molar-refractivity contribution in [1.82, 2.24) is 14.6 Å². The van der Waals surface area contributed by atoms with Gasteiger partial charge in [0, 0.05) is 0 Å². The predicted octanol–water partition coefficient (Wildman–Crippen LogP) is 1.16. The Balaban J connectivity index is 1.91. The number of nitrogens with one attached hydrogen (secondary N) is 2. The van der Waals surface area contributed by atoms with Gasteiger partial charge in [0.25, 0.3) is 5.56 Å². The Morgan fingerprint density at radius 1 is 1.26 bits per heavy atom. The molecule has 1 saturated heterocycles. The van der Waals surface area contributed by atoms with Gasteiger partial charge in [0.1, 0.15) is 30.7 Å². The molecular formula is C23H30F2N3O10P. The van der Waals surface area contributed by atoms with E-state index in [4.69, 9.17) is 18.5 Å². The number of carbonyl (C=O) groups excluding carboxylic acids is 1. The molecule has 3 rings (SSSR count). The number of H-pyrrole nitrogens is 1. The summed E-state index contributed by atoms with van der Waals surface area (Å²) in [5.74, 6) is -2.14. The van der Waals surface area contributed by atoms with E-state index >= 15 is 0 Å². The van der Waals surface area contributed by atoms with Crippen LogP contribution in [0.25, 0.3) is 0 Å². The Hall–Kier alpha value is -2.94. The topological polar surface area (TPSA) is 178 Å². The number of alkyl halides is 1. The van der Waals surface area contributed by atoms with Crippen molar-refractivity contribution in [3.8, 4) is 5.75 Å². The maximum absolute atomic E-state index is 14.1. The molecule has 1 aromatic heterocycles. The fraction of sp³-hybridized carbons (Fsp3) is 0.522. The van der Waals surface area contributed by atoms with Crippen LogP contribution in [0.4, 0.5) is 8.78 Å². The molecule has 1 aromatic carbocycles. The van der Waals surface area contributed by atoms with Gasteiger partial charge in [-0.1, -0.05) is 18.2 Å². The SMILES string of the molecule is CC(C)OC(=O)[C@H](C)N[P@@](=O)(Oc1ccccc1)O[C@H](C)[C@H]1O[C@@H](n2cc(F)c(=O)[nH]c2=O)[C@@](O)(CF)C1O. The lowest BCUT2D eigenvalue weighted by atomic mass is 9.93.